The van der Waals surface area contributed by atoms with Gasteiger partial charge in [-0.3, -0.25) is 0 Å². The van der Waals surface area contributed by atoms with E-state index >= 15 is 0 Å². The number of benzene rings is 1. The summed E-state index contributed by atoms with van der Waals surface area (Å²) in [6, 6.07) is 3.41. The van der Waals surface area contributed by atoms with Gasteiger partial charge in [-0.25, -0.2) is 8.78 Å². The topological polar surface area (TPSA) is 55.9 Å². The molecule has 0 amide bonds. The molecule has 7 heteroatoms. The lowest BCUT2D eigenvalue weighted by Crippen LogP contribution is -2.22. The summed E-state index contributed by atoms with van der Waals surface area (Å²) < 4.78 is 28.2. The molecule has 1 aromatic heterocycles. The van der Waals surface area contributed by atoms with Crippen molar-refractivity contribution in [3.05, 3.63) is 35.4 Å². The standard InChI is InChI=1S/C12H10F2N4S/c13-6-1-2-7(9(14)5-6)10-8-3-4-16-11(8)18(17-10)12(15)19/h1-2,5,16H,3-4H2,(H2,15,19). The van der Waals surface area contributed by atoms with Crippen molar-refractivity contribution >= 4 is 23.1 Å². The summed E-state index contributed by atoms with van der Waals surface area (Å²) in [6.07, 6.45) is 0.699. The fraction of sp³-hybridized carbons (Fsp3) is 0.167. The van der Waals surface area contributed by atoms with Gasteiger partial charge in [0.2, 0.25) is 0 Å². The molecule has 0 saturated carbocycles. The van der Waals surface area contributed by atoms with Crippen LogP contribution in [0.4, 0.5) is 14.6 Å². The monoisotopic (exact) mass is 280 g/mol. The quantitative estimate of drug-likeness (QED) is 0.783. The Morgan fingerprint density at radius 3 is 2.89 bits per heavy atom. The number of hydrogen-bond acceptors (Lipinski definition) is 3. The molecule has 0 aliphatic carbocycles. The molecule has 0 radical (unpaired) electrons. The van der Waals surface area contributed by atoms with Crippen LogP contribution in [0.15, 0.2) is 18.2 Å². The van der Waals surface area contributed by atoms with E-state index in [1.54, 1.807) is 0 Å². The lowest BCUT2D eigenvalue weighted by molar-refractivity contribution is 0.585. The van der Waals surface area contributed by atoms with Crippen molar-refractivity contribution in [2.24, 2.45) is 5.73 Å². The average molecular weight is 280 g/mol. The van der Waals surface area contributed by atoms with Crippen LogP contribution in [0.25, 0.3) is 11.3 Å². The van der Waals surface area contributed by atoms with Crippen molar-refractivity contribution in [1.29, 1.82) is 0 Å². The molecule has 1 aliphatic heterocycles. The highest BCUT2D eigenvalue weighted by molar-refractivity contribution is 7.80. The summed E-state index contributed by atoms with van der Waals surface area (Å²) in [4.78, 5) is 0. The van der Waals surface area contributed by atoms with Gasteiger partial charge in [-0.05, 0) is 30.8 Å². The Bertz CT molecular complexity index is 681. The van der Waals surface area contributed by atoms with Crippen molar-refractivity contribution in [1.82, 2.24) is 9.78 Å². The Hall–Kier alpha value is -2.02. The van der Waals surface area contributed by atoms with E-state index in [0.717, 1.165) is 11.6 Å². The van der Waals surface area contributed by atoms with Gasteiger partial charge < -0.3 is 11.1 Å². The number of halogens is 2. The van der Waals surface area contributed by atoms with Crippen LogP contribution in [0, 0.1) is 11.6 Å². The minimum Gasteiger partial charge on any atom is -0.374 e. The highest BCUT2D eigenvalue weighted by Gasteiger charge is 2.25. The van der Waals surface area contributed by atoms with Crippen LogP contribution >= 0.6 is 12.2 Å². The van der Waals surface area contributed by atoms with Crippen LogP contribution in [0.2, 0.25) is 0 Å². The van der Waals surface area contributed by atoms with Gasteiger partial charge in [-0.15, -0.1) is 0 Å². The van der Waals surface area contributed by atoms with E-state index in [4.69, 9.17) is 18.0 Å². The largest absolute Gasteiger partial charge is 0.374 e. The molecule has 4 nitrogen and oxygen atoms in total. The lowest BCUT2D eigenvalue weighted by atomic mass is 10.1. The van der Waals surface area contributed by atoms with Gasteiger partial charge in [0, 0.05) is 23.7 Å². The van der Waals surface area contributed by atoms with E-state index in [0.29, 0.717) is 24.5 Å². The van der Waals surface area contributed by atoms with Gasteiger partial charge in [0.15, 0.2) is 5.11 Å². The Balaban J connectivity index is 2.21. The Kier molecular flexibility index (Phi) is 2.70. The van der Waals surface area contributed by atoms with E-state index in [9.17, 15) is 8.78 Å². The highest BCUT2D eigenvalue weighted by Crippen LogP contribution is 2.33. The number of thiocarbonyl (C=S) groups is 1. The van der Waals surface area contributed by atoms with Gasteiger partial charge in [0.05, 0.1) is 0 Å². The third kappa shape index (κ3) is 1.86. The normalized spacial score (nSPS) is 13.2. The third-order valence-electron chi connectivity index (χ3n) is 3.05. The zero-order chi connectivity index (χ0) is 13.6. The first-order valence-corrected chi connectivity index (χ1v) is 6.09. The number of hydrogen-bond donors (Lipinski definition) is 2. The molecule has 0 atom stereocenters. The number of nitrogens with two attached hydrogens (primary N) is 1. The van der Waals surface area contributed by atoms with Crippen LogP contribution in [0.5, 0.6) is 0 Å². The van der Waals surface area contributed by atoms with Crippen molar-refractivity contribution in [2.45, 2.75) is 6.42 Å². The molecule has 2 heterocycles. The fourth-order valence-electron chi connectivity index (χ4n) is 2.23. The number of fused-ring (bicyclic) bond motifs is 1. The number of aromatic nitrogens is 2. The van der Waals surface area contributed by atoms with Crippen molar-refractivity contribution in [3.63, 3.8) is 0 Å². The lowest BCUT2D eigenvalue weighted by Gasteiger charge is -2.03. The van der Waals surface area contributed by atoms with E-state index in [1.165, 1.54) is 16.8 Å². The van der Waals surface area contributed by atoms with E-state index in [-0.39, 0.29) is 10.7 Å². The molecule has 0 unspecified atom stereocenters. The molecule has 0 spiro atoms. The second kappa shape index (κ2) is 4.27. The summed E-state index contributed by atoms with van der Waals surface area (Å²) in [6.45, 7) is 0.714. The van der Waals surface area contributed by atoms with E-state index in [2.05, 4.69) is 10.4 Å². The van der Waals surface area contributed by atoms with Gasteiger partial charge in [0.25, 0.3) is 0 Å². The number of rotatable bonds is 1. The molecule has 1 aliphatic rings. The highest BCUT2D eigenvalue weighted by atomic mass is 32.1. The van der Waals surface area contributed by atoms with Gasteiger partial charge in [0.1, 0.15) is 23.1 Å². The van der Waals surface area contributed by atoms with E-state index in [1.807, 2.05) is 0 Å². The first-order chi connectivity index (χ1) is 9.08. The first-order valence-electron chi connectivity index (χ1n) is 5.69. The Morgan fingerprint density at radius 2 is 2.21 bits per heavy atom. The van der Waals surface area contributed by atoms with Crippen molar-refractivity contribution < 1.29 is 8.78 Å². The van der Waals surface area contributed by atoms with E-state index < -0.39 is 11.6 Å². The fourth-order valence-corrected chi connectivity index (χ4v) is 2.36. The van der Waals surface area contributed by atoms with Gasteiger partial charge in [-0.1, -0.05) is 0 Å². The zero-order valence-corrected chi connectivity index (χ0v) is 10.6. The van der Waals surface area contributed by atoms with Crippen LogP contribution in [-0.2, 0) is 6.42 Å². The SMILES string of the molecule is NC(=S)n1nc(-c2ccc(F)cc2F)c2c1NCC2. The molecule has 0 saturated heterocycles. The summed E-state index contributed by atoms with van der Waals surface area (Å²) in [5.41, 5.74) is 7.12. The van der Waals surface area contributed by atoms with Crippen LogP contribution in [-0.4, -0.2) is 21.4 Å². The predicted octanol–water partition coefficient (Wildman–Crippen LogP) is 1.89. The Labute approximate surface area is 113 Å². The van der Waals surface area contributed by atoms with Crippen LogP contribution in [0.1, 0.15) is 5.56 Å². The number of nitrogens with zero attached hydrogens (tertiary/aromatic N) is 2. The molecule has 0 bridgehead atoms. The average Bonchev–Trinajstić information content (AvgIpc) is 2.90. The van der Waals surface area contributed by atoms with Crippen LogP contribution < -0.4 is 11.1 Å². The maximum atomic E-state index is 13.8. The molecular formula is C12H10F2N4S. The molecule has 0 fully saturated rings. The summed E-state index contributed by atoms with van der Waals surface area (Å²) in [5, 5.41) is 7.41. The minimum absolute atomic E-state index is 0.0828. The molecular weight excluding hydrogens is 270 g/mol. The summed E-state index contributed by atoms with van der Waals surface area (Å²) in [5.74, 6) is -0.585. The first kappa shape index (κ1) is 12.0. The van der Waals surface area contributed by atoms with Crippen LogP contribution in [0.3, 0.4) is 0 Å². The molecule has 1 aromatic carbocycles. The summed E-state index contributed by atoms with van der Waals surface area (Å²) >= 11 is 4.90. The van der Waals surface area contributed by atoms with Crippen molar-refractivity contribution in [2.75, 3.05) is 11.9 Å². The number of nitrogens with one attached hydrogen (secondary N) is 1. The smallest absolute Gasteiger partial charge is 0.193 e. The van der Waals surface area contributed by atoms with Gasteiger partial charge >= 0.3 is 0 Å². The molecule has 98 valence electrons. The molecule has 3 N–H and O–H groups in total. The van der Waals surface area contributed by atoms with Gasteiger partial charge in [-0.2, -0.15) is 9.78 Å². The second-order valence-corrected chi connectivity index (χ2v) is 4.65. The Morgan fingerprint density at radius 1 is 1.42 bits per heavy atom. The third-order valence-corrected chi connectivity index (χ3v) is 3.22. The summed E-state index contributed by atoms with van der Waals surface area (Å²) in [7, 11) is 0. The number of anilines is 1. The second-order valence-electron chi connectivity index (χ2n) is 4.23. The predicted molar refractivity (Wildman–Crippen MR) is 72.0 cm³/mol. The maximum absolute atomic E-state index is 13.8. The van der Waals surface area contributed by atoms with Crippen molar-refractivity contribution in [3.8, 4) is 11.3 Å². The molecule has 2 aromatic rings. The minimum atomic E-state index is -0.651. The molecule has 19 heavy (non-hydrogen) atoms. The maximum Gasteiger partial charge on any atom is 0.193 e. The molecule has 3 rings (SSSR count). The zero-order valence-electron chi connectivity index (χ0n) is 9.78.